The lowest BCUT2D eigenvalue weighted by Crippen LogP contribution is -2.33. The molecular weight excluding hydrogens is 416 g/mol. The molecule has 0 aliphatic heterocycles. The summed E-state index contributed by atoms with van der Waals surface area (Å²) in [5.41, 5.74) is 1.02. The van der Waals surface area contributed by atoms with E-state index >= 15 is 0 Å². The summed E-state index contributed by atoms with van der Waals surface area (Å²) in [4.78, 5) is 16.9. The Balaban J connectivity index is 1.71. The number of nitrogens with one attached hydrogen (secondary N) is 1. The number of amides is 1. The molecular formula is C24H19ClN2O4. The third kappa shape index (κ3) is 4.39. The first-order valence-electron chi connectivity index (χ1n) is 9.56. The van der Waals surface area contributed by atoms with Crippen LogP contribution in [-0.4, -0.2) is 27.7 Å². The van der Waals surface area contributed by atoms with E-state index < -0.39 is 11.9 Å². The number of aromatic nitrogens is 1. The standard InChI is InChI=1S/C24H19ClN2O4/c25-19-13-18(24(30)23-16(19)10-6-12-26-23)22(17-9-4-5-11-20(17)28)27-21(29)14-31-15-7-2-1-3-8-15/h1-13,22,28,30H,14H2,(H,27,29). The Hall–Kier alpha value is -3.77. The van der Waals surface area contributed by atoms with Crippen molar-refractivity contribution in [2.45, 2.75) is 6.04 Å². The summed E-state index contributed by atoms with van der Waals surface area (Å²) in [6.45, 7) is -0.242. The number of aromatic hydroxyl groups is 2. The number of para-hydroxylation sites is 2. The molecule has 0 bridgehead atoms. The lowest BCUT2D eigenvalue weighted by Gasteiger charge is -2.22. The first-order valence-corrected chi connectivity index (χ1v) is 9.93. The number of hydrogen-bond donors (Lipinski definition) is 3. The molecule has 31 heavy (non-hydrogen) atoms. The van der Waals surface area contributed by atoms with Gasteiger partial charge < -0.3 is 20.3 Å². The van der Waals surface area contributed by atoms with E-state index in [4.69, 9.17) is 16.3 Å². The first kappa shape index (κ1) is 20.5. The molecule has 0 aliphatic rings. The minimum Gasteiger partial charge on any atom is -0.508 e. The fraction of sp³-hybridized carbons (Fsp3) is 0.0833. The Kier molecular flexibility index (Phi) is 5.91. The monoisotopic (exact) mass is 434 g/mol. The van der Waals surface area contributed by atoms with Crippen LogP contribution < -0.4 is 10.1 Å². The molecule has 0 saturated carbocycles. The summed E-state index contributed by atoms with van der Waals surface area (Å²) in [5, 5.41) is 25.1. The number of phenols is 2. The van der Waals surface area contributed by atoms with Crippen LogP contribution in [0.4, 0.5) is 0 Å². The highest BCUT2D eigenvalue weighted by Crippen LogP contribution is 2.40. The lowest BCUT2D eigenvalue weighted by molar-refractivity contribution is -0.123. The predicted molar refractivity (Wildman–Crippen MR) is 118 cm³/mol. The highest BCUT2D eigenvalue weighted by atomic mass is 35.5. The number of halogens is 1. The van der Waals surface area contributed by atoms with Crippen LogP contribution in [0.1, 0.15) is 17.2 Å². The second-order valence-corrected chi connectivity index (χ2v) is 7.26. The number of nitrogens with zero attached hydrogens (tertiary/aromatic N) is 1. The van der Waals surface area contributed by atoms with Crippen LogP contribution in [0.2, 0.25) is 5.02 Å². The molecule has 6 nitrogen and oxygen atoms in total. The van der Waals surface area contributed by atoms with Gasteiger partial charge in [-0.1, -0.05) is 48.0 Å². The number of benzene rings is 3. The van der Waals surface area contributed by atoms with E-state index in [-0.39, 0.29) is 18.1 Å². The van der Waals surface area contributed by atoms with Crippen LogP contribution in [0.3, 0.4) is 0 Å². The average Bonchev–Trinajstić information content (AvgIpc) is 2.80. The molecule has 3 N–H and O–H groups in total. The van der Waals surface area contributed by atoms with E-state index in [1.165, 1.54) is 6.07 Å². The number of pyridine rings is 1. The molecule has 4 aromatic rings. The number of ether oxygens (including phenoxy) is 1. The molecule has 1 amide bonds. The van der Waals surface area contributed by atoms with Crippen LogP contribution in [-0.2, 0) is 4.79 Å². The molecule has 7 heteroatoms. The molecule has 156 valence electrons. The molecule has 0 fully saturated rings. The van der Waals surface area contributed by atoms with Crippen LogP contribution in [0.5, 0.6) is 17.2 Å². The average molecular weight is 435 g/mol. The van der Waals surface area contributed by atoms with Gasteiger partial charge in [-0.15, -0.1) is 0 Å². The van der Waals surface area contributed by atoms with Crippen LogP contribution in [0, 0.1) is 0 Å². The Labute approximate surface area is 183 Å². The first-order chi connectivity index (χ1) is 15.0. The molecule has 1 unspecified atom stereocenters. The quantitative estimate of drug-likeness (QED) is 0.413. The Bertz CT molecular complexity index is 1230. The van der Waals surface area contributed by atoms with E-state index in [1.807, 2.05) is 6.07 Å². The summed E-state index contributed by atoms with van der Waals surface area (Å²) in [6.07, 6.45) is 1.55. The van der Waals surface area contributed by atoms with Crippen molar-refractivity contribution in [1.82, 2.24) is 10.3 Å². The number of carbonyl (C=O) groups excluding carboxylic acids is 1. The molecule has 0 radical (unpaired) electrons. The van der Waals surface area contributed by atoms with Crippen molar-refractivity contribution in [3.05, 3.63) is 95.1 Å². The number of carbonyl (C=O) groups is 1. The Morgan fingerprint density at radius 3 is 2.52 bits per heavy atom. The van der Waals surface area contributed by atoms with Crippen LogP contribution in [0.25, 0.3) is 10.9 Å². The van der Waals surface area contributed by atoms with Gasteiger partial charge >= 0.3 is 0 Å². The lowest BCUT2D eigenvalue weighted by atomic mass is 9.95. The zero-order valence-corrected chi connectivity index (χ0v) is 17.1. The van der Waals surface area contributed by atoms with Gasteiger partial charge in [-0.2, -0.15) is 0 Å². The fourth-order valence-corrected chi connectivity index (χ4v) is 3.62. The molecule has 1 atom stereocenters. The summed E-state index contributed by atoms with van der Waals surface area (Å²) in [7, 11) is 0. The van der Waals surface area contributed by atoms with Gasteiger partial charge in [0.2, 0.25) is 0 Å². The maximum Gasteiger partial charge on any atom is 0.258 e. The van der Waals surface area contributed by atoms with Gasteiger partial charge in [-0.25, -0.2) is 0 Å². The highest BCUT2D eigenvalue weighted by Gasteiger charge is 2.25. The molecule has 1 heterocycles. The van der Waals surface area contributed by atoms with Crippen molar-refractivity contribution >= 4 is 28.4 Å². The van der Waals surface area contributed by atoms with E-state index in [9.17, 15) is 15.0 Å². The SMILES string of the molecule is O=C(COc1ccccc1)NC(c1ccccc1O)c1cc(Cl)c2cccnc2c1O. The fourth-order valence-electron chi connectivity index (χ4n) is 3.35. The second-order valence-electron chi connectivity index (χ2n) is 6.86. The van der Waals surface area contributed by atoms with Crippen molar-refractivity contribution in [3.8, 4) is 17.2 Å². The van der Waals surface area contributed by atoms with E-state index in [0.717, 1.165) is 0 Å². The molecule has 3 aromatic carbocycles. The molecule has 0 spiro atoms. The maximum atomic E-state index is 12.7. The maximum absolute atomic E-state index is 12.7. The van der Waals surface area contributed by atoms with Gasteiger partial charge in [0.15, 0.2) is 6.61 Å². The number of phenolic OH excluding ortho intramolecular Hbond substituents is 2. The Morgan fingerprint density at radius 1 is 1.00 bits per heavy atom. The van der Waals surface area contributed by atoms with Crippen molar-refractivity contribution in [1.29, 1.82) is 0 Å². The summed E-state index contributed by atoms with van der Waals surface area (Å²) in [5.74, 6) is -0.0442. The van der Waals surface area contributed by atoms with Crippen molar-refractivity contribution in [2.75, 3.05) is 6.61 Å². The highest BCUT2D eigenvalue weighted by molar-refractivity contribution is 6.35. The summed E-state index contributed by atoms with van der Waals surface area (Å²) >= 11 is 6.43. The zero-order chi connectivity index (χ0) is 21.8. The van der Waals surface area contributed by atoms with E-state index in [0.29, 0.717) is 32.8 Å². The summed E-state index contributed by atoms with van der Waals surface area (Å²) < 4.78 is 5.52. The third-order valence-corrected chi connectivity index (χ3v) is 5.13. The van der Waals surface area contributed by atoms with Crippen LogP contribution >= 0.6 is 11.6 Å². The minimum absolute atomic E-state index is 0.0339. The van der Waals surface area contributed by atoms with Crippen LogP contribution in [0.15, 0.2) is 79.0 Å². The van der Waals surface area contributed by atoms with Crippen molar-refractivity contribution in [3.63, 3.8) is 0 Å². The topological polar surface area (TPSA) is 91.7 Å². The van der Waals surface area contributed by atoms with Crippen molar-refractivity contribution < 1.29 is 19.7 Å². The van der Waals surface area contributed by atoms with Crippen molar-refractivity contribution in [2.24, 2.45) is 0 Å². The van der Waals surface area contributed by atoms with Gasteiger partial charge in [0.25, 0.3) is 5.91 Å². The third-order valence-electron chi connectivity index (χ3n) is 4.82. The van der Waals surface area contributed by atoms with Gasteiger partial charge in [-0.05, 0) is 36.4 Å². The van der Waals surface area contributed by atoms with Gasteiger partial charge in [0, 0.05) is 22.7 Å². The number of rotatable bonds is 6. The second kappa shape index (κ2) is 8.93. The summed E-state index contributed by atoms with van der Waals surface area (Å²) in [6, 6.07) is 19.7. The molecule has 1 aromatic heterocycles. The Morgan fingerprint density at radius 2 is 1.74 bits per heavy atom. The van der Waals surface area contributed by atoms with E-state index in [2.05, 4.69) is 10.3 Å². The predicted octanol–water partition coefficient (Wildman–Crippen LogP) is 4.58. The van der Waals surface area contributed by atoms with E-state index in [1.54, 1.807) is 66.9 Å². The largest absolute Gasteiger partial charge is 0.508 e. The number of hydrogen-bond acceptors (Lipinski definition) is 5. The smallest absolute Gasteiger partial charge is 0.258 e. The molecule has 0 aliphatic carbocycles. The molecule has 4 rings (SSSR count). The number of fused-ring (bicyclic) bond motifs is 1. The molecule has 0 saturated heterocycles. The van der Waals surface area contributed by atoms with Gasteiger partial charge in [-0.3, -0.25) is 9.78 Å². The normalized spacial score (nSPS) is 11.8. The van der Waals surface area contributed by atoms with Gasteiger partial charge in [0.1, 0.15) is 22.8 Å². The minimum atomic E-state index is -0.878. The zero-order valence-electron chi connectivity index (χ0n) is 16.3. The van der Waals surface area contributed by atoms with Gasteiger partial charge in [0.05, 0.1) is 11.1 Å².